The summed E-state index contributed by atoms with van der Waals surface area (Å²) in [5.74, 6) is -0.376. The molecule has 1 aliphatic rings. The molecule has 90 valence electrons. The van der Waals surface area contributed by atoms with Crippen LogP contribution in [0, 0.1) is 5.41 Å². The maximum atomic E-state index is 11.9. The molecular weight excluding hydrogens is 210 g/mol. The summed E-state index contributed by atoms with van der Waals surface area (Å²) in [6.45, 7) is 7.59. The van der Waals surface area contributed by atoms with Crippen LogP contribution in [0.4, 0.5) is 4.79 Å². The van der Waals surface area contributed by atoms with Gasteiger partial charge in [0.15, 0.2) is 0 Å². The first kappa shape index (κ1) is 12.5. The highest BCUT2D eigenvalue weighted by Gasteiger charge is 2.49. The Balaban J connectivity index is 2.93. The monoisotopic (exact) mass is 227 g/mol. The van der Waals surface area contributed by atoms with Crippen molar-refractivity contribution in [3.05, 3.63) is 12.7 Å². The third-order valence-electron chi connectivity index (χ3n) is 2.69. The van der Waals surface area contributed by atoms with Crippen LogP contribution in [0.15, 0.2) is 12.7 Å². The number of carbonyl (C=O) groups is 2. The summed E-state index contributed by atoms with van der Waals surface area (Å²) in [6.07, 6.45) is 0.365. The second kappa shape index (κ2) is 4.55. The average Bonchev–Trinajstić information content (AvgIpc) is 2.23. The molecule has 1 rings (SSSR count). The smallest absolute Gasteiger partial charge is 0.410 e. The van der Waals surface area contributed by atoms with Crippen molar-refractivity contribution in [3.8, 4) is 0 Å². The third kappa shape index (κ3) is 2.03. The van der Waals surface area contributed by atoms with Crippen molar-refractivity contribution in [1.82, 2.24) is 4.90 Å². The Hall–Kier alpha value is -1.52. The Kier molecular flexibility index (Phi) is 3.57. The highest BCUT2D eigenvalue weighted by molar-refractivity contribution is 5.81. The largest absolute Gasteiger partial charge is 0.465 e. The predicted molar refractivity (Wildman–Crippen MR) is 57.8 cm³/mol. The highest BCUT2D eigenvalue weighted by Crippen LogP contribution is 2.32. The fraction of sp³-hybridized carbons (Fsp3) is 0.636. The summed E-state index contributed by atoms with van der Waals surface area (Å²) in [4.78, 5) is 24.5. The molecule has 0 N–H and O–H groups in total. The van der Waals surface area contributed by atoms with Gasteiger partial charge >= 0.3 is 12.1 Å². The molecule has 1 aliphatic heterocycles. The van der Waals surface area contributed by atoms with Gasteiger partial charge in [0, 0.05) is 13.6 Å². The molecule has 1 heterocycles. The molecule has 0 aromatic carbocycles. The van der Waals surface area contributed by atoms with E-state index in [1.165, 1.54) is 11.0 Å². The summed E-state index contributed by atoms with van der Waals surface area (Å²) in [7, 11) is 1.58. The Labute approximate surface area is 95.0 Å². The van der Waals surface area contributed by atoms with Gasteiger partial charge in [0.2, 0.25) is 0 Å². The van der Waals surface area contributed by atoms with Gasteiger partial charge < -0.3 is 14.4 Å². The van der Waals surface area contributed by atoms with Crippen LogP contribution in [0.1, 0.15) is 13.8 Å². The SMILES string of the molecule is C=CC1OC(=O)N(C)CC1(C)C(=O)OCC. The molecule has 0 aromatic rings. The van der Waals surface area contributed by atoms with E-state index in [1.54, 1.807) is 20.9 Å². The molecule has 0 aliphatic carbocycles. The van der Waals surface area contributed by atoms with E-state index in [0.717, 1.165) is 0 Å². The van der Waals surface area contributed by atoms with E-state index in [1.807, 2.05) is 0 Å². The minimum Gasteiger partial charge on any atom is -0.465 e. The minimum atomic E-state index is -0.888. The van der Waals surface area contributed by atoms with Gasteiger partial charge in [-0.15, -0.1) is 0 Å². The lowest BCUT2D eigenvalue weighted by Crippen LogP contribution is -2.56. The number of esters is 1. The van der Waals surface area contributed by atoms with E-state index in [9.17, 15) is 9.59 Å². The van der Waals surface area contributed by atoms with E-state index < -0.39 is 17.6 Å². The van der Waals surface area contributed by atoms with Crippen molar-refractivity contribution in [2.45, 2.75) is 20.0 Å². The summed E-state index contributed by atoms with van der Waals surface area (Å²) >= 11 is 0. The van der Waals surface area contributed by atoms with Crippen LogP contribution in [0.3, 0.4) is 0 Å². The molecule has 2 unspecified atom stereocenters. The molecule has 0 aromatic heterocycles. The fourth-order valence-corrected chi connectivity index (χ4v) is 1.76. The summed E-state index contributed by atoms with van der Waals surface area (Å²) in [6, 6.07) is 0. The maximum absolute atomic E-state index is 11.9. The number of hydrogen-bond donors (Lipinski definition) is 0. The van der Waals surface area contributed by atoms with E-state index >= 15 is 0 Å². The van der Waals surface area contributed by atoms with Crippen molar-refractivity contribution in [1.29, 1.82) is 0 Å². The van der Waals surface area contributed by atoms with E-state index in [0.29, 0.717) is 6.61 Å². The van der Waals surface area contributed by atoms with Gasteiger partial charge in [-0.3, -0.25) is 4.79 Å². The standard InChI is InChI=1S/C11H17NO4/c1-5-8-11(3,9(13)15-6-2)7-12(4)10(14)16-8/h5,8H,1,6-7H2,2-4H3. The first-order chi connectivity index (χ1) is 7.45. The van der Waals surface area contributed by atoms with Crippen molar-refractivity contribution in [3.63, 3.8) is 0 Å². The number of ether oxygens (including phenoxy) is 2. The van der Waals surface area contributed by atoms with Crippen LogP contribution in [0.25, 0.3) is 0 Å². The molecular formula is C11H17NO4. The quantitative estimate of drug-likeness (QED) is 0.537. The number of amides is 1. The Morgan fingerprint density at radius 3 is 2.94 bits per heavy atom. The van der Waals surface area contributed by atoms with Gasteiger partial charge in [0.1, 0.15) is 11.5 Å². The summed E-state index contributed by atoms with van der Waals surface area (Å²) in [5.41, 5.74) is -0.888. The topological polar surface area (TPSA) is 55.8 Å². The molecule has 2 atom stereocenters. The number of carbonyl (C=O) groups excluding carboxylic acids is 2. The Morgan fingerprint density at radius 1 is 1.81 bits per heavy atom. The lowest BCUT2D eigenvalue weighted by Gasteiger charge is -2.40. The van der Waals surface area contributed by atoms with Crippen molar-refractivity contribution in [2.24, 2.45) is 5.41 Å². The van der Waals surface area contributed by atoms with Gasteiger partial charge in [0.05, 0.1) is 6.61 Å². The zero-order valence-electron chi connectivity index (χ0n) is 9.86. The lowest BCUT2D eigenvalue weighted by atomic mass is 9.82. The third-order valence-corrected chi connectivity index (χ3v) is 2.69. The van der Waals surface area contributed by atoms with E-state index in [4.69, 9.17) is 9.47 Å². The van der Waals surface area contributed by atoms with Crippen molar-refractivity contribution in [2.75, 3.05) is 20.2 Å². The molecule has 1 fully saturated rings. The highest BCUT2D eigenvalue weighted by atomic mass is 16.6. The minimum absolute atomic E-state index is 0.265. The van der Waals surface area contributed by atoms with Gasteiger partial charge in [0.25, 0.3) is 0 Å². The van der Waals surface area contributed by atoms with Crippen LogP contribution >= 0.6 is 0 Å². The van der Waals surface area contributed by atoms with Crippen molar-refractivity contribution < 1.29 is 19.1 Å². The van der Waals surface area contributed by atoms with Crippen molar-refractivity contribution >= 4 is 12.1 Å². The molecule has 5 nitrogen and oxygen atoms in total. The molecule has 0 spiro atoms. The van der Waals surface area contributed by atoms with Gasteiger partial charge in [-0.25, -0.2) is 4.79 Å². The Bertz CT molecular complexity index is 315. The van der Waals surface area contributed by atoms with Crippen LogP contribution in [-0.4, -0.2) is 43.3 Å². The van der Waals surface area contributed by atoms with Gasteiger partial charge in [-0.1, -0.05) is 12.7 Å². The normalized spacial score (nSPS) is 29.6. The first-order valence-corrected chi connectivity index (χ1v) is 5.17. The first-order valence-electron chi connectivity index (χ1n) is 5.17. The molecule has 0 radical (unpaired) electrons. The van der Waals surface area contributed by atoms with Crippen LogP contribution in [-0.2, 0) is 14.3 Å². The molecule has 1 saturated heterocycles. The lowest BCUT2D eigenvalue weighted by molar-refractivity contribution is -0.164. The zero-order valence-corrected chi connectivity index (χ0v) is 9.86. The van der Waals surface area contributed by atoms with Gasteiger partial charge in [-0.05, 0) is 13.8 Å². The molecule has 0 bridgehead atoms. The summed E-state index contributed by atoms with van der Waals surface area (Å²) in [5, 5.41) is 0. The number of nitrogens with zero attached hydrogens (tertiary/aromatic N) is 1. The molecule has 0 saturated carbocycles. The summed E-state index contributed by atoms with van der Waals surface area (Å²) < 4.78 is 10.1. The number of rotatable bonds is 3. The van der Waals surface area contributed by atoms with Crippen LogP contribution in [0.5, 0.6) is 0 Å². The maximum Gasteiger partial charge on any atom is 0.410 e. The zero-order chi connectivity index (χ0) is 12.3. The predicted octanol–water partition coefficient (Wildman–Crippen LogP) is 1.19. The van der Waals surface area contributed by atoms with E-state index in [-0.39, 0.29) is 12.5 Å². The van der Waals surface area contributed by atoms with Crippen LogP contribution in [0.2, 0.25) is 0 Å². The average molecular weight is 227 g/mol. The van der Waals surface area contributed by atoms with E-state index in [2.05, 4.69) is 6.58 Å². The number of hydrogen-bond acceptors (Lipinski definition) is 4. The molecule has 1 amide bonds. The second-order valence-electron chi connectivity index (χ2n) is 4.03. The number of cyclic esters (lactones) is 1. The molecule has 5 heteroatoms. The fourth-order valence-electron chi connectivity index (χ4n) is 1.76. The van der Waals surface area contributed by atoms with Gasteiger partial charge in [-0.2, -0.15) is 0 Å². The Morgan fingerprint density at radius 2 is 2.44 bits per heavy atom. The second-order valence-corrected chi connectivity index (χ2v) is 4.03. The van der Waals surface area contributed by atoms with Crippen LogP contribution < -0.4 is 0 Å². The molecule has 16 heavy (non-hydrogen) atoms.